The fraction of sp³-hybridized carbons (Fsp3) is 0.200. The number of carbonyl (C=O) groups is 1. The van der Waals surface area contributed by atoms with Crippen molar-refractivity contribution in [2.75, 3.05) is 11.4 Å². The van der Waals surface area contributed by atoms with Gasteiger partial charge < -0.3 is 9.47 Å². The number of hydrogen-bond donors (Lipinski definition) is 0. The van der Waals surface area contributed by atoms with E-state index in [9.17, 15) is 4.79 Å². The van der Waals surface area contributed by atoms with Gasteiger partial charge in [-0.2, -0.15) is 0 Å². The molecule has 0 radical (unpaired) electrons. The number of anilines is 1. The van der Waals surface area contributed by atoms with Crippen LogP contribution in [0.1, 0.15) is 36.7 Å². The second-order valence-corrected chi connectivity index (χ2v) is 8.71. The minimum absolute atomic E-state index is 0.0553. The first kappa shape index (κ1) is 19.1. The van der Waals surface area contributed by atoms with Gasteiger partial charge in [0.2, 0.25) is 5.91 Å². The van der Waals surface area contributed by atoms with Crippen LogP contribution in [0.2, 0.25) is 0 Å². The number of nitrogens with zero attached hydrogens (tertiary/aromatic N) is 3. The van der Waals surface area contributed by atoms with Crippen LogP contribution >= 0.6 is 15.9 Å². The maximum absolute atomic E-state index is 12.9. The number of amides is 1. The van der Waals surface area contributed by atoms with Crippen LogP contribution in [0.25, 0.3) is 11.0 Å². The number of imidazole rings is 1. The van der Waals surface area contributed by atoms with Crippen LogP contribution in [-0.4, -0.2) is 22.0 Å². The number of rotatable bonds is 4. The van der Waals surface area contributed by atoms with Crippen LogP contribution in [0, 0.1) is 0 Å². The maximum Gasteiger partial charge on any atom is 0.227 e. The summed E-state index contributed by atoms with van der Waals surface area (Å²) >= 11 is 3.47. The predicted octanol–water partition coefficient (Wildman–Crippen LogP) is 5.93. The van der Waals surface area contributed by atoms with Crippen LogP contribution in [0.3, 0.4) is 0 Å². The molecule has 1 aliphatic heterocycles. The smallest absolute Gasteiger partial charge is 0.227 e. The van der Waals surface area contributed by atoms with Gasteiger partial charge in [0.1, 0.15) is 5.82 Å². The Morgan fingerprint density at radius 1 is 0.967 bits per heavy atom. The van der Waals surface area contributed by atoms with Crippen molar-refractivity contribution in [3.8, 4) is 0 Å². The summed E-state index contributed by atoms with van der Waals surface area (Å²) in [7, 11) is 0. The van der Waals surface area contributed by atoms with Gasteiger partial charge in [0, 0.05) is 29.0 Å². The highest BCUT2D eigenvalue weighted by molar-refractivity contribution is 9.10. The monoisotopic (exact) mass is 459 g/mol. The van der Waals surface area contributed by atoms with Gasteiger partial charge in [-0.25, -0.2) is 4.98 Å². The molecule has 0 spiro atoms. The summed E-state index contributed by atoms with van der Waals surface area (Å²) in [6.45, 7) is 2.85. The highest BCUT2D eigenvalue weighted by Gasteiger charge is 2.35. The molecule has 1 aromatic heterocycles. The molecular formula is C25H22BrN3O. The van der Waals surface area contributed by atoms with Crippen LogP contribution < -0.4 is 4.90 Å². The fourth-order valence-electron chi connectivity index (χ4n) is 4.39. The number of hydrogen-bond acceptors (Lipinski definition) is 2. The van der Waals surface area contributed by atoms with Crippen molar-refractivity contribution in [1.82, 2.24) is 9.55 Å². The van der Waals surface area contributed by atoms with Gasteiger partial charge in [-0.3, -0.25) is 4.79 Å². The minimum atomic E-state index is 0.0553. The van der Waals surface area contributed by atoms with Gasteiger partial charge in [-0.1, -0.05) is 58.4 Å². The zero-order chi connectivity index (χ0) is 20.7. The van der Waals surface area contributed by atoms with E-state index in [2.05, 4.69) is 69.9 Å². The van der Waals surface area contributed by atoms with Crippen molar-refractivity contribution in [2.45, 2.75) is 25.3 Å². The number of halogens is 1. The second kappa shape index (κ2) is 7.73. The van der Waals surface area contributed by atoms with Crippen LogP contribution in [0.15, 0.2) is 83.3 Å². The molecule has 1 fully saturated rings. The number of para-hydroxylation sites is 2. The standard InChI is InChI=1S/C25H22BrN3O/c1-17(18-7-3-2-4-8-18)29-23-10-6-5-9-22(23)27-25(29)19-15-24(30)28(16-19)21-13-11-20(26)12-14-21/h2-14,17,19H,15-16H2,1H3. The minimum Gasteiger partial charge on any atom is -0.320 e. The molecule has 4 nitrogen and oxygen atoms in total. The molecule has 0 bridgehead atoms. The van der Waals surface area contributed by atoms with Gasteiger partial charge in [-0.05, 0) is 48.9 Å². The lowest BCUT2D eigenvalue weighted by Gasteiger charge is -2.21. The Hall–Kier alpha value is -2.92. The Labute approximate surface area is 184 Å². The van der Waals surface area contributed by atoms with Crippen molar-refractivity contribution in [2.24, 2.45) is 0 Å². The van der Waals surface area contributed by atoms with Gasteiger partial charge in [0.05, 0.1) is 17.1 Å². The quantitative estimate of drug-likeness (QED) is 0.379. The third-order valence-corrected chi connectivity index (χ3v) is 6.45. The number of carbonyl (C=O) groups excluding carboxylic acids is 1. The first-order valence-electron chi connectivity index (χ1n) is 10.2. The molecule has 1 aliphatic rings. The lowest BCUT2D eigenvalue weighted by atomic mass is 10.0. The molecule has 2 heterocycles. The van der Waals surface area contributed by atoms with Crippen LogP contribution in [0.4, 0.5) is 5.69 Å². The number of aromatic nitrogens is 2. The molecule has 150 valence electrons. The predicted molar refractivity (Wildman–Crippen MR) is 124 cm³/mol. The average Bonchev–Trinajstić information content (AvgIpc) is 3.35. The van der Waals surface area contributed by atoms with E-state index in [1.165, 1.54) is 5.56 Å². The summed E-state index contributed by atoms with van der Waals surface area (Å²) in [5.41, 5.74) is 4.25. The topological polar surface area (TPSA) is 38.1 Å². The van der Waals surface area contributed by atoms with E-state index in [0.29, 0.717) is 13.0 Å². The number of fused-ring (bicyclic) bond motifs is 1. The van der Waals surface area contributed by atoms with E-state index in [1.807, 2.05) is 41.3 Å². The third-order valence-electron chi connectivity index (χ3n) is 5.92. The van der Waals surface area contributed by atoms with E-state index in [0.717, 1.165) is 27.0 Å². The molecule has 2 atom stereocenters. The summed E-state index contributed by atoms with van der Waals surface area (Å²) < 4.78 is 3.32. The highest BCUT2D eigenvalue weighted by Crippen LogP contribution is 2.36. The summed E-state index contributed by atoms with van der Waals surface area (Å²) in [4.78, 5) is 19.8. The van der Waals surface area contributed by atoms with Crippen molar-refractivity contribution in [3.05, 3.63) is 94.7 Å². The zero-order valence-corrected chi connectivity index (χ0v) is 18.3. The second-order valence-electron chi connectivity index (χ2n) is 7.80. The Bertz CT molecular complexity index is 1200. The van der Waals surface area contributed by atoms with Crippen LogP contribution in [0.5, 0.6) is 0 Å². The van der Waals surface area contributed by atoms with Gasteiger partial charge >= 0.3 is 0 Å². The molecule has 0 aliphatic carbocycles. The molecule has 3 aromatic carbocycles. The zero-order valence-electron chi connectivity index (χ0n) is 16.7. The van der Waals surface area contributed by atoms with Crippen LogP contribution in [-0.2, 0) is 4.79 Å². The van der Waals surface area contributed by atoms with E-state index >= 15 is 0 Å². The SMILES string of the molecule is CC(c1ccccc1)n1c(C2CC(=O)N(c3ccc(Br)cc3)C2)nc2ccccc21. The Morgan fingerprint density at radius 3 is 2.43 bits per heavy atom. The normalized spacial score (nSPS) is 17.6. The molecule has 30 heavy (non-hydrogen) atoms. The average molecular weight is 460 g/mol. The molecule has 4 aromatic rings. The van der Waals surface area contributed by atoms with Crippen molar-refractivity contribution < 1.29 is 4.79 Å². The Morgan fingerprint density at radius 2 is 1.67 bits per heavy atom. The van der Waals surface area contributed by atoms with Gasteiger partial charge in [0.25, 0.3) is 0 Å². The molecule has 2 unspecified atom stereocenters. The van der Waals surface area contributed by atoms with Crippen molar-refractivity contribution in [3.63, 3.8) is 0 Å². The fourth-order valence-corrected chi connectivity index (χ4v) is 4.65. The summed E-state index contributed by atoms with van der Waals surface area (Å²) in [6, 6.07) is 26.8. The molecule has 5 rings (SSSR count). The lowest BCUT2D eigenvalue weighted by Crippen LogP contribution is -2.24. The highest BCUT2D eigenvalue weighted by atomic mass is 79.9. The summed E-state index contributed by atoms with van der Waals surface area (Å²) in [5.74, 6) is 1.19. The Balaban J connectivity index is 1.56. The summed E-state index contributed by atoms with van der Waals surface area (Å²) in [5, 5.41) is 0. The van der Waals surface area contributed by atoms with Crippen molar-refractivity contribution in [1.29, 1.82) is 0 Å². The first-order valence-corrected chi connectivity index (χ1v) is 11.0. The van der Waals surface area contributed by atoms with E-state index in [1.54, 1.807) is 0 Å². The van der Waals surface area contributed by atoms with Crippen molar-refractivity contribution >= 4 is 38.6 Å². The molecular weight excluding hydrogens is 438 g/mol. The molecule has 0 saturated carbocycles. The Kier molecular flexibility index (Phi) is 4.91. The third kappa shape index (κ3) is 3.33. The molecule has 5 heteroatoms. The molecule has 0 N–H and O–H groups in total. The first-order chi connectivity index (χ1) is 14.6. The largest absolute Gasteiger partial charge is 0.320 e. The number of benzene rings is 3. The maximum atomic E-state index is 12.9. The van der Waals surface area contributed by atoms with Gasteiger partial charge in [-0.15, -0.1) is 0 Å². The van der Waals surface area contributed by atoms with E-state index in [-0.39, 0.29) is 17.9 Å². The molecule has 1 amide bonds. The van der Waals surface area contributed by atoms with E-state index < -0.39 is 0 Å². The summed E-state index contributed by atoms with van der Waals surface area (Å²) in [6.07, 6.45) is 0.473. The van der Waals surface area contributed by atoms with Gasteiger partial charge in [0.15, 0.2) is 0 Å². The lowest BCUT2D eigenvalue weighted by molar-refractivity contribution is -0.117. The van der Waals surface area contributed by atoms with E-state index in [4.69, 9.17) is 4.98 Å². The molecule has 1 saturated heterocycles.